The number of para-hydroxylation sites is 1. The van der Waals surface area contributed by atoms with E-state index in [0.717, 1.165) is 5.56 Å². The summed E-state index contributed by atoms with van der Waals surface area (Å²) in [5, 5.41) is 6.86. The zero-order chi connectivity index (χ0) is 25.1. The highest BCUT2D eigenvalue weighted by molar-refractivity contribution is 6.30. The second-order valence-corrected chi connectivity index (χ2v) is 8.65. The van der Waals surface area contributed by atoms with E-state index in [0.29, 0.717) is 39.6 Å². The number of rotatable bonds is 7. The van der Waals surface area contributed by atoms with Crippen molar-refractivity contribution in [2.24, 2.45) is 5.10 Å². The summed E-state index contributed by atoms with van der Waals surface area (Å²) >= 11 is 5.99. The van der Waals surface area contributed by atoms with Crippen LogP contribution in [0.2, 0.25) is 5.02 Å². The normalized spacial score (nSPS) is 15.2. The van der Waals surface area contributed by atoms with Crippen molar-refractivity contribution in [1.82, 2.24) is 15.0 Å². The molecule has 5 rings (SSSR count). The molecule has 1 aliphatic rings. The predicted molar refractivity (Wildman–Crippen MR) is 133 cm³/mol. The number of nitrogens with one attached hydrogen (secondary N) is 1. The van der Waals surface area contributed by atoms with Gasteiger partial charge in [-0.15, -0.1) is 0 Å². The zero-order valence-corrected chi connectivity index (χ0v) is 19.8. The highest BCUT2D eigenvalue weighted by Gasteiger charge is 2.35. The Morgan fingerprint density at radius 1 is 1.11 bits per heavy atom. The molecule has 1 amide bonds. The molecule has 36 heavy (non-hydrogen) atoms. The Hall–Kier alpha value is -4.24. The number of H-pyrrole nitrogens is 1. The van der Waals surface area contributed by atoms with Gasteiger partial charge in [-0.2, -0.15) is 5.10 Å². The van der Waals surface area contributed by atoms with Gasteiger partial charge in [-0.1, -0.05) is 35.9 Å². The third-order valence-electron chi connectivity index (χ3n) is 5.80. The van der Waals surface area contributed by atoms with E-state index in [-0.39, 0.29) is 18.4 Å². The van der Waals surface area contributed by atoms with Gasteiger partial charge in [0.1, 0.15) is 17.6 Å². The number of aryl methyl sites for hydroxylation is 1. The van der Waals surface area contributed by atoms with Crippen LogP contribution in [0.4, 0.5) is 0 Å². The smallest absolute Gasteiger partial charge is 0.306 e. The van der Waals surface area contributed by atoms with Crippen LogP contribution < -0.4 is 5.56 Å². The molecule has 0 saturated carbocycles. The molecule has 182 valence electrons. The number of benzene rings is 2. The van der Waals surface area contributed by atoms with E-state index < -0.39 is 24.5 Å². The van der Waals surface area contributed by atoms with E-state index >= 15 is 0 Å². The monoisotopic (exact) mass is 504 g/mol. The third-order valence-corrected chi connectivity index (χ3v) is 6.05. The van der Waals surface area contributed by atoms with Crippen LogP contribution in [0, 0.1) is 0 Å². The summed E-state index contributed by atoms with van der Waals surface area (Å²) in [6.07, 6.45) is 2.10. The number of hydrogen-bond acceptors (Lipinski definition) is 7. The summed E-state index contributed by atoms with van der Waals surface area (Å²) in [5.41, 5.74) is 1.80. The van der Waals surface area contributed by atoms with Crippen LogP contribution >= 0.6 is 11.6 Å². The van der Waals surface area contributed by atoms with Crippen LogP contribution in [-0.4, -0.2) is 39.2 Å². The summed E-state index contributed by atoms with van der Waals surface area (Å²) in [5.74, 6) is -0.119. The molecule has 1 aliphatic heterocycles. The molecular weight excluding hydrogens is 484 g/mol. The number of halogens is 1. The summed E-state index contributed by atoms with van der Waals surface area (Å²) in [6, 6.07) is 17.2. The van der Waals surface area contributed by atoms with E-state index in [1.54, 1.807) is 48.5 Å². The number of amides is 1. The molecular formula is C26H21ClN4O5. The summed E-state index contributed by atoms with van der Waals surface area (Å²) in [4.78, 5) is 44.5. The topological polar surface area (TPSA) is 118 Å². The number of carbonyl (C=O) groups is 2. The first-order valence-electron chi connectivity index (χ1n) is 11.3. The van der Waals surface area contributed by atoms with Crippen molar-refractivity contribution < 1.29 is 18.7 Å². The maximum atomic E-state index is 13.0. The minimum Gasteiger partial charge on any atom is -0.467 e. The highest BCUT2D eigenvalue weighted by Crippen LogP contribution is 2.33. The summed E-state index contributed by atoms with van der Waals surface area (Å²) in [6.45, 7) is -0.477. The number of aromatic nitrogens is 2. The Balaban J connectivity index is 1.23. The highest BCUT2D eigenvalue weighted by atomic mass is 35.5. The van der Waals surface area contributed by atoms with Crippen molar-refractivity contribution >= 4 is 40.1 Å². The number of ether oxygens (including phenoxy) is 1. The van der Waals surface area contributed by atoms with Crippen LogP contribution in [0.3, 0.4) is 0 Å². The van der Waals surface area contributed by atoms with Crippen molar-refractivity contribution in [1.29, 1.82) is 0 Å². The molecule has 0 unspecified atom stereocenters. The van der Waals surface area contributed by atoms with Crippen LogP contribution in [0.25, 0.3) is 10.9 Å². The van der Waals surface area contributed by atoms with Crippen molar-refractivity contribution in [3.05, 3.63) is 99.5 Å². The van der Waals surface area contributed by atoms with Gasteiger partial charge < -0.3 is 14.1 Å². The van der Waals surface area contributed by atoms with Crippen molar-refractivity contribution in [2.45, 2.75) is 25.3 Å². The molecule has 0 bridgehead atoms. The molecule has 4 aromatic rings. The molecule has 0 radical (unpaired) electrons. The minimum absolute atomic E-state index is 0.0462. The second kappa shape index (κ2) is 10.2. The maximum absolute atomic E-state index is 13.0. The summed E-state index contributed by atoms with van der Waals surface area (Å²) in [7, 11) is 0. The molecule has 2 aromatic heterocycles. The van der Waals surface area contributed by atoms with Gasteiger partial charge in [-0.25, -0.2) is 9.99 Å². The van der Waals surface area contributed by atoms with E-state index in [4.69, 9.17) is 20.8 Å². The van der Waals surface area contributed by atoms with Gasteiger partial charge in [0.15, 0.2) is 6.61 Å². The number of aromatic amines is 1. The Morgan fingerprint density at radius 2 is 1.92 bits per heavy atom. The van der Waals surface area contributed by atoms with E-state index in [2.05, 4.69) is 15.1 Å². The first-order chi connectivity index (χ1) is 17.5. The first-order valence-corrected chi connectivity index (χ1v) is 11.7. The summed E-state index contributed by atoms with van der Waals surface area (Å²) < 4.78 is 10.7. The minimum atomic E-state index is -0.588. The van der Waals surface area contributed by atoms with Gasteiger partial charge in [-0.3, -0.25) is 14.4 Å². The van der Waals surface area contributed by atoms with Gasteiger partial charge >= 0.3 is 5.97 Å². The predicted octanol–water partition coefficient (Wildman–Crippen LogP) is 4.02. The number of furan rings is 1. The fourth-order valence-electron chi connectivity index (χ4n) is 4.01. The molecule has 9 nitrogen and oxygen atoms in total. The van der Waals surface area contributed by atoms with Gasteiger partial charge in [0.25, 0.3) is 11.5 Å². The van der Waals surface area contributed by atoms with Crippen LogP contribution in [-0.2, 0) is 20.7 Å². The number of hydrogen-bond donors (Lipinski definition) is 1. The SMILES string of the molecule is O=C(CCc1nc2ccccc2c(=O)[nH]1)OCC(=O)N1N=C(c2ccc(Cl)cc2)C[C@H]1c1ccco1. The standard InChI is InChI=1S/C26H21ClN4O5/c27-17-9-7-16(8-10-17)20-14-21(22-6-3-13-35-22)31(30-20)24(32)15-36-25(33)12-11-23-28-19-5-2-1-4-18(19)26(34)29-23/h1-10,13,21H,11-12,14-15H2,(H,28,29,34)/t21-/m0/s1. The molecule has 0 fully saturated rings. The fraction of sp³-hybridized carbons (Fsp3) is 0.192. The van der Waals surface area contributed by atoms with Crippen LogP contribution in [0.5, 0.6) is 0 Å². The molecule has 0 saturated heterocycles. The average molecular weight is 505 g/mol. The molecule has 10 heteroatoms. The van der Waals surface area contributed by atoms with E-state index in [1.807, 2.05) is 12.1 Å². The van der Waals surface area contributed by atoms with E-state index in [9.17, 15) is 14.4 Å². The number of hydrazone groups is 1. The average Bonchev–Trinajstić information content (AvgIpc) is 3.57. The molecule has 0 aliphatic carbocycles. The van der Waals surface area contributed by atoms with Gasteiger partial charge in [0.05, 0.1) is 29.3 Å². The van der Waals surface area contributed by atoms with Crippen molar-refractivity contribution in [3.8, 4) is 0 Å². The lowest BCUT2D eigenvalue weighted by Gasteiger charge is -2.19. The Bertz CT molecular complexity index is 1500. The van der Waals surface area contributed by atoms with Crippen molar-refractivity contribution in [3.63, 3.8) is 0 Å². The molecule has 2 aromatic carbocycles. The lowest BCUT2D eigenvalue weighted by Crippen LogP contribution is -2.31. The Morgan fingerprint density at radius 3 is 2.69 bits per heavy atom. The number of fused-ring (bicyclic) bond motifs is 1. The number of carbonyl (C=O) groups excluding carboxylic acids is 2. The van der Waals surface area contributed by atoms with Crippen LogP contribution in [0.1, 0.15) is 36.0 Å². The van der Waals surface area contributed by atoms with Crippen molar-refractivity contribution in [2.75, 3.05) is 6.61 Å². The molecule has 3 heterocycles. The fourth-order valence-corrected chi connectivity index (χ4v) is 4.14. The Kier molecular flexibility index (Phi) is 6.64. The number of nitrogens with zero attached hydrogens (tertiary/aromatic N) is 3. The molecule has 1 N–H and O–H groups in total. The maximum Gasteiger partial charge on any atom is 0.306 e. The van der Waals surface area contributed by atoms with Gasteiger partial charge in [-0.05, 0) is 42.0 Å². The zero-order valence-electron chi connectivity index (χ0n) is 19.0. The Labute approximate surface area is 210 Å². The largest absolute Gasteiger partial charge is 0.467 e. The molecule has 1 atom stereocenters. The lowest BCUT2D eigenvalue weighted by atomic mass is 10.0. The van der Waals surface area contributed by atoms with Gasteiger partial charge in [0.2, 0.25) is 0 Å². The lowest BCUT2D eigenvalue weighted by molar-refractivity contribution is -0.153. The third kappa shape index (κ3) is 5.06. The second-order valence-electron chi connectivity index (χ2n) is 8.22. The first kappa shape index (κ1) is 23.5. The van der Waals surface area contributed by atoms with Crippen LogP contribution in [0.15, 0.2) is 81.2 Å². The van der Waals surface area contributed by atoms with Gasteiger partial charge in [0, 0.05) is 17.9 Å². The number of esters is 1. The van der Waals surface area contributed by atoms with E-state index in [1.165, 1.54) is 11.3 Å². The quantitative estimate of drug-likeness (QED) is 0.380. The molecule has 0 spiro atoms.